The van der Waals surface area contributed by atoms with Gasteiger partial charge in [0.1, 0.15) is 5.76 Å². The lowest BCUT2D eigenvalue weighted by Gasteiger charge is -2.13. The van der Waals surface area contributed by atoms with Crippen molar-refractivity contribution in [2.75, 3.05) is 6.61 Å². The Balaban J connectivity index is 1.94. The molecule has 1 atom stereocenters. The molecule has 0 aromatic carbocycles. The zero-order valence-electron chi connectivity index (χ0n) is 8.84. The third-order valence-corrected chi connectivity index (χ3v) is 2.37. The molecule has 84 valence electrons. The zero-order chi connectivity index (χ0) is 11.2. The second-order valence-electron chi connectivity index (χ2n) is 3.49. The van der Waals surface area contributed by atoms with Crippen molar-refractivity contribution in [2.45, 2.75) is 12.6 Å². The molecule has 16 heavy (non-hydrogen) atoms. The summed E-state index contributed by atoms with van der Waals surface area (Å²) in [5.74, 6) is 0.747. The third kappa shape index (κ3) is 2.68. The molecule has 0 aliphatic rings. The molecule has 2 heterocycles. The third-order valence-electron chi connectivity index (χ3n) is 2.37. The molecular weight excluding hydrogens is 204 g/mol. The number of nitrogens with zero attached hydrogens (tertiary/aromatic N) is 1. The van der Waals surface area contributed by atoms with Crippen LogP contribution in [-0.2, 0) is 6.54 Å². The first-order chi connectivity index (χ1) is 7.90. The second kappa shape index (κ2) is 5.44. The fourth-order valence-corrected chi connectivity index (χ4v) is 1.49. The summed E-state index contributed by atoms with van der Waals surface area (Å²) in [4.78, 5) is 3.95. The lowest BCUT2D eigenvalue weighted by molar-refractivity contribution is 0.225. The summed E-state index contributed by atoms with van der Waals surface area (Å²) in [6, 6.07) is 7.36. The average molecular weight is 218 g/mol. The van der Waals surface area contributed by atoms with E-state index in [0.717, 1.165) is 11.3 Å². The van der Waals surface area contributed by atoms with Gasteiger partial charge >= 0.3 is 0 Å². The number of pyridine rings is 1. The Bertz CT molecular complexity index is 400. The van der Waals surface area contributed by atoms with Gasteiger partial charge in [-0.2, -0.15) is 0 Å². The molecule has 4 heteroatoms. The number of hydrogen-bond donors (Lipinski definition) is 2. The first-order valence-electron chi connectivity index (χ1n) is 5.16. The Labute approximate surface area is 93.9 Å². The Morgan fingerprint density at radius 2 is 2.12 bits per heavy atom. The van der Waals surface area contributed by atoms with Gasteiger partial charge in [0, 0.05) is 18.9 Å². The van der Waals surface area contributed by atoms with Crippen LogP contribution in [-0.4, -0.2) is 16.7 Å². The molecule has 2 aromatic rings. The van der Waals surface area contributed by atoms with Crippen LogP contribution in [0.3, 0.4) is 0 Å². The summed E-state index contributed by atoms with van der Waals surface area (Å²) in [6.45, 7) is 0.688. The minimum atomic E-state index is -0.164. The van der Waals surface area contributed by atoms with Crippen molar-refractivity contribution in [1.29, 1.82) is 0 Å². The maximum absolute atomic E-state index is 9.24. The van der Waals surface area contributed by atoms with Crippen LogP contribution in [0.15, 0.2) is 47.3 Å². The van der Waals surface area contributed by atoms with Crippen LogP contribution >= 0.6 is 0 Å². The van der Waals surface area contributed by atoms with E-state index in [9.17, 15) is 5.11 Å². The van der Waals surface area contributed by atoms with Crippen LogP contribution < -0.4 is 5.32 Å². The number of rotatable bonds is 5. The van der Waals surface area contributed by atoms with Crippen LogP contribution in [0.2, 0.25) is 0 Å². The normalized spacial score (nSPS) is 12.6. The maximum atomic E-state index is 9.24. The number of aromatic nitrogens is 1. The van der Waals surface area contributed by atoms with E-state index in [1.807, 2.05) is 24.3 Å². The van der Waals surface area contributed by atoms with Crippen molar-refractivity contribution < 1.29 is 9.52 Å². The Morgan fingerprint density at radius 1 is 1.31 bits per heavy atom. The highest BCUT2D eigenvalue weighted by atomic mass is 16.3. The van der Waals surface area contributed by atoms with E-state index >= 15 is 0 Å². The molecule has 0 aliphatic heterocycles. The van der Waals surface area contributed by atoms with Gasteiger partial charge in [0.2, 0.25) is 0 Å². The minimum absolute atomic E-state index is 0.0125. The monoisotopic (exact) mass is 218 g/mol. The van der Waals surface area contributed by atoms with Crippen molar-refractivity contribution in [1.82, 2.24) is 10.3 Å². The van der Waals surface area contributed by atoms with E-state index in [4.69, 9.17) is 4.42 Å². The molecule has 0 fully saturated rings. The fourth-order valence-electron chi connectivity index (χ4n) is 1.49. The number of aliphatic hydroxyl groups excluding tert-OH is 1. The highest BCUT2D eigenvalue weighted by Gasteiger charge is 2.11. The SMILES string of the molecule is OCC(NCc1ccncc1)c1ccco1. The summed E-state index contributed by atoms with van der Waals surface area (Å²) in [6.07, 6.45) is 5.10. The fraction of sp³-hybridized carbons (Fsp3) is 0.250. The van der Waals surface area contributed by atoms with Gasteiger partial charge in [0.15, 0.2) is 0 Å². The van der Waals surface area contributed by atoms with Gasteiger partial charge in [0.25, 0.3) is 0 Å². The number of aliphatic hydroxyl groups is 1. The van der Waals surface area contributed by atoms with E-state index in [-0.39, 0.29) is 12.6 Å². The Morgan fingerprint density at radius 3 is 2.75 bits per heavy atom. The van der Waals surface area contributed by atoms with E-state index in [0.29, 0.717) is 6.54 Å². The lowest BCUT2D eigenvalue weighted by Crippen LogP contribution is -2.23. The van der Waals surface area contributed by atoms with Gasteiger partial charge < -0.3 is 14.8 Å². The van der Waals surface area contributed by atoms with Crippen LogP contribution in [0.25, 0.3) is 0 Å². The molecule has 0 spiro atoms. The van der Waals surface area contributed by atoms with Crippen LogP contribution in [0.4, 0.5) is 0 Å². The summed E-state index contributed by atoms with van der Waals surface area (Å²) >= 11 is 0. The van der Waals surface area contributed by atoms with Crippen molar-refractivity contribution in [3.05, 3.63) is 54.2 Å². The highest BCUT2D eigenvalue weighted by molar-refractivity contribution is 5.11. The molecule has 2 N–H and O–H groups in total. The first-order valence-corrected chi connectivity index (χ1v) is 5.16. The zero-order valence-corrected chi connectivity index (χ0v) is 8.84. The Hall–Kier alpha value is -1.65. The molecular formula is C12H14N2O2. The molecule has 0 aliphatic carbocycles. The summed E-state index contributed by atoms with van der Waals surface area (Å²) in [7, 11) is 0. The standard InChI is InChI=1S/C12H14N2O2/c15-9-11(12-2-1-7-16-12)14-8-10-3-5-13-6-4-10/h1-7,11,14-15H,8-9H2. The van der Waals surface area contributed by atoms with Gasteiger partial charge in [-0.05, 0) is 29.8 Å². The van der Waals surface area contributed by atoms with Gasteiger partial charge in [-0.15, -0.1) is 0 Å². The minimum Gasteiger partial charge on any atom is -0.468 e. The number of nitrogens with one attached hydrogen (secondary N) is 1. The number of hydrogen-bond acceptors (Lipinski definition) is 4. The van der Waals surface area contributed by atoms with Crippen molar-refractivity contribution in [2.24, 2.45) is 0 Å². The van der Waals surface area contributed by atoms with E-state index in [1.54, 1.807) is 18.7 Å². The van der Waals surface area contributed by atoms with E-state index in [2.05, 4.69) is 10.3 Å². The molecule has 0 amide bonds. The molecule has 1 unspecified atom stereocenters. The molecule has 2 aromatic heterocycles. The van der Waals surface area contributed by atoms with E-state index < -0.39 is 0 Å². The molecule has 0 saturated carbocycles. The van der Waals surface area contributed by atoms with Gasteiger partial charge in [-0.1, -0.05) is 0 Å². The van der Waals surface area contributed by atoms with E-state index in [1.165, 1.54) is 0 Å². The first kappa shape index (κ1) is 10.9. The second-order valence-corrected chi connectivity index (χ2v) is 3.49. The molecule has 4 nitrogen and oxygen atoms in total. The molecule has 2 rings (SSSR count). The van der Waals surface area contributed by atoms with Crippen LogP contribution in [0.5, 0.6) is 0 Å². The lowest BCUT2D eigenvalue weighted by atomic mass is 10.2. The Kier molecular flexibility index (Phi) is 3.69. The quantitative estimate of drug-likeness (QED) is 0.798. The molecule has 0 saturated heterocycles. The van der Waals surface area contributed by atoms with Gasteiger partial charge in [-0.25, -0.2) is 0 Å². The van der Waals surface area contributed by atoms with Crippen LogP contribution in [0.1, 0.15) is 17.4 Å². The maximum Gasteiger partial charge on any atom is 0.123 e. The largest absolute Gasteiger partial charge is 0.468 e. The van der Waals surface area contributed by atoms with Crippen LogP contribution in [0, 0.1) is 0 Å². The average Bonchev–Trinajstić information content (AvgIpc) is 2.85. The summed E-state index contributed by atoms with van der Waals surface area (Å²) in [5.41, 5.74) is 1.13. The molecule has 0 radical (unpaired) electrons. The summed E-state index contributed by atoms with van der Waals surface area (Å²) in [5, 5.41) is 12.5. The van der Waals surface area contributed by atoms with Gasteiger partial charge in [0.05, 0.1) is 18.9 Å². The highest BCUT2D eigenvalue weighted by Crippen LogP contribution is 2.13. The van der Waals surface area contributed by atoms with Crippen molar-refractivity contribution >= 4 is 0 Å². The smallest absolute Gasteiger partial charge is 0.123 e. The predicted octanol–water partition coefficient (Wildman–Crippen LogP) is 1.50. The van der Waals surface area contributed by atoms with Crippen molar-refractivity contribution in [3.8, 4) is 0 Å². The summed E-state index contributed by atoms with van der Waals surface area (Å²) < 4.78 is 5.24. The number of furan rings is 1. The predicted molar refractivity (Wildman–Crippen MR) is 59.6 cm³/mol. The molecule has 0 bridgehead atoms. The van der Waals surface area contributed by atoms with Gasteiger partial charge in [-0.3, -0.25) is 4.98 Å². The topological polar surface area (TPSA) is 58.3 Å². The van der Waals surface area contributed by atoms with Crippen molar-refractivity contribution in [3.63, 3.8) is 0 Å².